The third-order valence-corrected chi connectivity index (χ3v) is 4.34. The van der Waals surface area contributed by atoms with Gasteiger partial charge in [-0.2, -0.15) is 0 Å². The van der Waals surface area contributed by atoms with Gasteiger partial charge in [0, 0.05) is 0 Å². The fraction of sp³-hybridized carbons (Fsp3) is 0.600. The van der Waals surface area contributed by atoms with Crippen molar-refractivity contribution < 1.29 is 5.11 Å². The number of aliphatic hydroxyl groups is 1. The summed E-state index contributed by atoms with van der Waals surface area (Å²) in [6, 6.07) is 8.73. The average molecular weight is 231 g/mol. The first kappa shape index (κ1) is 11.2. The van der Waals surface area contributed by atoms with Gasteiger partial charge in [-0.15, -0.1) is 0 Å². The number of hydrogen-bond acceptors (Lipinski definition) is 2. The highest BCUT2D eigenvalue weighted by atomic mass is 16.3. The largest absolute Gasteiger partial charge is 0.390 e. The van der Waals surface area contributed by atoms with Crippen molar-refractivity contribution in [2.75, 3.05) is 13.1 Å². The predicted octanol–water partition coefficient (Wildman–Crippen LogP) is 1.91. The summed E-state index contributed by atoms with van der Waals surface area (Å²) in [4.78, 5) is 0. The standard InChI is InChI=1S/C15H21NO/c17-15(5-7-16-8-6-15)11-12-9-13-3-1-2-4-14(13)10-12/h1-4,12,16-17H,5-11H2. The van der Waals surface area contributed by atoms with Crippen molar-refractivity contribution in [3.8, 4) is 0 Å². The zero-order valence-corrected chi connectivity index (χ0v) is 10.3. The molecule has 1 heterocycles. The van der Waals surface area contributed by atoms with E-state index in [1.807, 2.05) is 0 Å². The fourth-order valence-electron chi connectivity index (χ4n) is 3.43. The number of benzene rings is 1. The maximum absolute atomic E-state index is 10.6. The van der Waals surface area contributed by atoms with E-state index in [4.69, 9.17) is 0 Å². The molecule has 0 atom stereocenters. The van der Waals surface area contributed by atoms with E-state index >= 15 is 0 Å². The van der Waals surface area contributed by atoms with Gasteiger partial charge in [-0.25, -0.2) is 0 Å². The summed E-state index contributed by atoms with van der Waals surface area (Å²) in [5.74, 6) is 0.649. The lowest BCUT2D eigenvalue weighted by molar-refractivity contribution is -0.0106. The van der Waals surface area contributed by atoms with Crippen LogP contribution in [-0.4, -0.2) is 23.8 Å². The lowest BCUT2D eigenvalue weighted by Crippen LogP contribution is -2.43. The van der Waals surface area contributed by atoms with Crippen LogP contribution in [0.5, 0.6) is 0 Å². The highest BCUT2D eigenvalue weighted by Gasteiger charge is 2.34. The highest BCUT2D eigenvalue weighted by Crippen LogP contribution is 2.34. The Bertz CT molecular complexity index is 371. The fourth-order valence-corrected chi connectivity index (χ4v) is 3.43. The van der Waals surface area contributed by atoms with E-state index in [-0.39, 0.29) is 0 Å². The Morgan fingerprint density at radius 1 is 1.12 bits per heavy atom. The minimum atomic E-state index is -0.405. The average Bonchev–Trinajstić information content (AvgIpc) is 2.71. The van der Waals surface area contributed by atoms with E-state index in [0.29, 0.717) is 5.92 Å². The van der Waals surface area contributed by atoms with E-state index in [0.717, 1.165) is 45.2 Å². The molecule has 0 saturated carbocycles. The third kappa shape index (κ3) is 2.38. The summed E-state index contributed by atoms with van der Waals surface area (Å²) < 4.78 is 0. The number of piperidine rings is 1. The van der Waals surface area contributed by atoms with Crippen molar-refractivity contribution in [3.63, 3.8) is 0 Å². The minimum Gasteiger partial charge on any atom is -0.390 e. The van der Waals surface area contributed by atoms with Crippen LogP contribution in [0.1, 0.15) is 30.4 Å². The maximum atomic E-state index is 10.6. The summed E-state index contributed by atoms with van der Waals surface area (Å²) >= 11 is 0. The molecule has 2 heteroatoms. The number of fused-ring (bicyclic) bond motifs is 1. The molecule has 0 unspecified atom stereocenters. The van der Waals surface area contributed by atoms with Crippen molar-refractivity contribution >= 4 is 0 Å². The van der Waals surface area contributed by atoms with Gasteiger partial charge in [0.05, 0.1) is 5.60 Å². The number of nitrogens with one attached hydrogen (secondary N) is 1. The van der Waals surface area contributed by atoms with Gasteiger partial charge in [0.15, 0.2) is 0 Å². The summed E-state index contributed by atoms with van der Waals surface area (Å²) in [5, 5.41) is 13.9. The van der Waals surface area contributed by atoms with Crippen molar-refractivity contribution in [2.45, 2.75) is 37.7 Å². The Labute approximate surface area is 103 Å². The molecular weight excluding hydrogens is 210 g/mol. The second-order valence-corrected chi connectivity index (χ2v) is 5.72. The van der Waals surface area contributed by atoms with Crippen LogP contribution in [0.25, 0.3) is 0 Å². The predicted molar refractivity (Wildman–Crippen MR) is 69.0 cm³/mol. The molecule has 2 N–H and O–H groups in total. The Morgan fingerprint density at radius 2 is 1.71 bits per heavy atom. The Morgan fingerprint density at radius 3 is 2.29 bits per heavy atom. The van der Waals surface area contributed by atoms with Gasteiger partial charge >= 0.3 is 0 Å². The molecule has 0 spiro atoms. The first-order valence-electron chi connectivity index (χ1n) is 6.75. The minimum absolute atomic E-state index is 0.405. The molecule has 0 aromatic heterocycles. The van der Waals surface area contributed by atoms with Gasteiger partial charge in [0.1, 0.15) is 0 Å². The normalized spacial score (nSPS) is 23.6. The molecule has 17 heavy (non-hydrogen) atoms. The van der Waals surface area contributed by atoms with Crippen LogP contribution in [0, 0.1) is 5.92 Å². The van der Waals surface area contributed by atoms with Crippen LogP contribution >= 0.6 is 0 Å². The zero-order valence-electron chi connectivity index (χ0n) is 10.3. The molecule has 92 valence electrons. The molecule has 0 radical (unpaired) electrons. The van der Waals surface area contributed by atoms with E-state index in [9.17, 15) is 5.11 Å². The Hall–Kier alpha value is -0.860. The molecular formula is C15H21NO. The van der Waals surface area contributed by atoms with Gasteiger partial charge in [0.2, 0.25) is 0 Å². The Balaban J connectivity index is 1.65. The number of hydrogen-bond donors (Lipinski definition) is 2. The second kappa shape index (κ2) is 4.43. The highest BCUT2D eigenvalue weighted by molar-refractivity contribution is 5.32. The lowest BCUT2D eigenvalue weighted by atomic mass is 9.82. The van der Waals surface area contributed by atoms with Crippen molar-refractivity contribution in [3.05, 3.63) is 35.4 Å². The molecule has 0 amide bonds. The summed E-state index contributed by atoms with van der Waals surface area (Å²) in [7, 11) is 0. The third-order valence-electron chi connectivity index (χ3n) is 4.34. The first-order valence-corrected chi connectivity index (χ1v) is 6.75. The molecule has 1 aliphatic heterocycles. The van der Waals surface area contributed by atoms with Gasteiger partial charge < -0.3 is 10.4 Å². The summed E-state index contributed by atoms with van der Waals surface area (Å²) in [5.41, 5.74) is 2.59. The van der Waals surface area contributed by atoms with Gasteiger partial charge in [-0.3, -0.25) is 0 Å². The topological polar surface area (TPSA) is 32.3 Å². The molecule has 2 nitrogen and oxygen atoms in total. The summed E-state index contributed by atoms with van der Waals surface area (Å²) in [6.07, 6.45) is 5.13. The first-order chi connectivity index (χ1) is 8.25. The molecule has 1 aliphatic carbocycles. The van der Waals surface area contributed by atoms with Crippen molar-refractivity contribution in [2.24, 2.45) is 5.92 Å². The van der Waals surface area contributed by atoms with E-state index < -0.39 is 5.60 Å². The molecule has 1 fully saturated rings. The van der Waals surface area contributed by atoms with Gasteiger partial charge in [0.25, 0.3) is 0 Å². The molecule has 3 rings (SSSR count). The van der Waals surface area contributed by atoms with Gasteiger partial charge in [-0.05, 0) is 62.2 Å². The van der Waals surface area contributed by atoms with Crippen LogP contribution < -0.4 is 5.32 Å². The van der Waals surface area contributed by atoms with Crippen LogP contribution in [0.2, 0.25) is 0 Å². The SMILES string of the molecule is OC1(CC2Cc3ccccc3C2)CCNCC1. The maximum Gasteiger partial charge on any atom is 0.0674 e. The van der Waals surface area contributed by atoms with Crippen LogP contribution in [-0.2, 0) is 12.8 Å². The molecule has 2 aliphatic rings. The molecule has 1 aromatic carbocycles. The zero-order chi connectivity index (χ0) is 11.7. The number of rotatable bonds is 2. The van der Waals surface area contributed by atoms with E-state index in [2.05, 4.69) is 29.6 Å². The molecule has 0 bridgehead atoms. The summed E-state index contributed by atoms with van der Waals surface area (Å²) in [6.45, 7) is 1.94. The van der Waals surface area contributed by atoms with Crippen LogP contribution in [0.15, 0.2) is 24.3 Å². The lowest BCUT2D eigenvalue weighted by Gasteiger charge is -2.34. The van der Waals surface area contributed by atoms with Crippen molar-refractivity contribution in [1.29, 1.82) is 0 Å². The van der Waals surface area contributed by atoms with Gasteiger partial charge in [-0.1, -0.05) is 24.3 Å². The van der Waals surface area contributed by atoms with Crippen LogP contribution in [0.4, 0.5) is 0 Å². The van der Waals surface area contributed by atoms with Crippen LogP contribution in [0.3, 0.4) is 0 Å². The van der Waals surface area contributed by atoms with E-state index in [1.54, 1.807) is 0 Å². The smallest absolute Gasteiger partial charge is 0.0674 e. The molecule has 1 aromatic rings. The van der Waals surface area contributed by atoms with E-state index in [1.165, 1.54) is 11.1 Å². The second-order valence-electron chi connectivity index (χ2n) is 5.72. The monoisotopic (exact) mass is 231 g/mol. The Kier molecular flexibility index (Phi) is 2.93. The quantitative estimate of drug-likeness (QED) is 0.815. The molecule has 1 saturated heterocycles. The van der Waals surface area contributed by atoms with Crippen molar-refractivity contribution in [1.82, 2.24) is 5.32 Å².